The fourth-order valence-corrected chi connectivity index (χ4v) is 3.48. The van der Waals surface area contributed by atoms with Crippen LogP contribution in [0.4, 0.5) is 5.69 Å². The van der Waals surface area contributed by atoms with E-state index in [0.29, 0.717) is 42.4 Å². The number of amides is 2. The van der Waals surface area contributed by atoms with Crippen LogP contribution < -0.4 is 5.32 Å². The lowest BCUT2D eigenvalue weighted by Gasteiger charge is -2.37. The van der Waals surface area contributed by atoms with Crippen LogP contribution in [0.25, 0.3) is 0 Å². The standard InChI is InChI=1S/C19H20N4O4/c1-13-5-6-16(26-13)18(25)23-9-3-7-19(12-23)10-15(22-27-19)17(24)21-14-4-2-8-20-11-14/h2,4-6,8,11H,3,7,9-10,12H2,1H3,(H,21,24). The van der Waals surface area contributed by atoms with Crippen LogP contribution in [-0.2, 0) is 9.63 Å². The quantitative estimate of drug-likeness (QED) is 0.897. The zero-order chi connectivity index (χ0) is 18.9. The number of nitrogens with one attached hydrogen (secondary N) is 1. The molecule has 2 aromatic rings. The Morgan fingerprint density at radius 1 is 1.30 bits per heavy atom. The summed E-state index contributed by atoms with van der Waals surface area (Å²) in [4.78, 5) is 36.4. The van der Waals surface area contributed by atoms with Crippen molar-refractivity contribution in [3.63, 3.8) is 0 Å². The van der Waals surface area contributed by atoms with Gasteiger partial charge in [0.15, 0.2) is 11.4 Å². The molecule has 2 aliphatic heterocycles. The molecule has 1 N–H and O–H groups in total. The zero-order valence-corrected chi connectivity index (χ0v) is 15.0. The molecular weight excluding hydrogens is 348 g/mol. The van der Waals surface area contributed by atoms with Gasteiger partial charge in [0.2, 0.25) is 0 Å². The topological polar surface area (TPSA) is 97.0 Å². The molecule has 4 rings (SSSR count). The fourth-order valence-electron chi connectivity index (χ4n) is 3.48. The molecule has 0 radical (unpaired) electrons. The van der Waals surface area contributed by atoms with E-state index >= 15 is 0 Å². The highest BCUT2D eigenvalue weighted by Gasteiger charge is 2.46. The van der Waals surface area contributed by atoms with Gasteiger partial charge in [-0.1, -0.05) is 5.16 Å². The Morgan fingerprint density at radius 3 is 2.93 bits per heavy atom. The number of pyridine rings is 1. The van der Waals surface area contributed by atoms with Gasteiger partial charge in [-0.05, 0) is 44.0 Å². The molecule has 0 bridgehead atoms. The molecule has 1 atom stereocenters. The molecule has 140 valence electrons. The van der Waals surface area contributed by atoms with Gasteiger partial charge in [-0.2, -0.15) is 0 Å². The number of oxime groups is 1. The second-order valence-electron chi connectivity index (χ2n) is 6.93. The van der Waals surface area contributed by atoms with Gasteiger partial charge < -0.3 is 19.5 Å². The molecule has 1 spiro atoms. The SMILES string of the molecule is Cc1ccc(C(=O)N2CCCC3(CC(C(=O)Nc4cccnc4)=NO3)C2)o1. The third kappa shape index (κ3) is 3.55. The number of rotatable bonds is 3. The summed E-state index contributed by atoms with van der Waals surface area (Å²) >= 11 is 0. The number of furan rings is 1. The number of likely N-dealkylation sites (tertiary alicyclic amines) is 1. The number of hydrogen-bond donors (Lipinski definition) is 1. The predicted octanol–water partition coefficient (Wildman–Crippen LogP) is 2.37. The van der Waals surface area contributed by atoms with E-state index in [1.54, 1.807) is 48.5 Å². The maximum atomic E-state index is 12.7. The van der Waals surface area contributed by atoms with Crippen molar-refractivity contribution in [2.45, 2.75) is 31.8 Å². The predicted molar refractivity (Wildman–Crippen MR) is 97.3 cm³/mol. The zero-order valence-electron chi connectivity index (χ0n) is 15.0. The highest BCUT2D eigenvalue weighted by Crippen LogP contribution is 2.34. The second-order valence-corrected chi connectivity index (χ2v) is 6.93. The lowest BCUT2D eigenvalue weighted by Crippen LogP contribution is -2.50. The Hall–Kier alpha value is -3.16. The summed E-state index contributed by atoms with van der Waals surface area (Å²) < 4.78 is 5.44. The monoisotopic (exact) mass is 368 g/mol. The molecule has 2 amide bonds. The summed E-state index contributed by atoms with van der Waals surface area (Å²) in [5, 5.41) is 6.76. The average molecular weight is 368 g/mol. The van der Waals surface area contributed by atoms with Gasteiger partial charge in [0.05, 0.1) is 18.4 Å². The summed E-state index contributed by atoms with van der Waals surface area (Å²) in [7, 11) is 0. The fraction of sp³-hybridized carbons (Fsp3) is 0.368. The minimum Gasteiger partial charge on any atom is -0.456 e. The molecule has 8 heteroatoms. The van der Waals surface area contributed by atoms with Gasteiger partial charge in [0.1, 0.15) is 11.5 Å². The summed E-state index contributed by atoms with van der Waals surface area (Å²) in [6.07, 6.45) is 5.07. The van der Waals surface area contributed by atoms with E-state index in [1.807, 2.05) is 0 Å². The lowest BCUT2D eigenvalue weighted by molar-refractivity contribution is -0.110. The highest BCUT2D eigenvalue weighted by molar-refractivity contribution is 6.43. The van der Waals surface area contributed by atoms with Crippen LogP contribution in [0.5, 0.6) is 0 Å². The summed E-state index contributed by atoms with van der Waals surface area (Å²) in [6, 6.07) is 6.94. The van der Waals surface area contributed by atoms with Crippen molar-refractivity contribution in [3.05, 3.63) is 48.2 Å². The Morgan fingerprint density at radius 2 is 2.19 bits per heavy atom. The first-order valence-electron chi connectivity index (χ1n) is 8.87. The van der Waals surface area contributed by atoms with Gasteiger partial charge >= 0.3 is 0 Å². The number of anilines is 1. The van der Waals surface area contributed by atoms with Gasteiger partial charge in [0, 0.05) is 19.2 Å². The molecule has 0 aromatic carbocycles. The van der Waals surface area contributed by atoms with Crippen molar-refractivity contribution in [3.8, 4) is 0 Å². The average Bonchev–Trinajstić information content (AvgIpc) is 3.29. The molecule has 0 aliphatic carbocycles. The van der Waals surface area contributed by atoms with Crippen molar-refractivity contribution in [1.29, 1.82) is 0 Å². The smallest absolute Gasteiger partial charge is 0.289 e. The Bertz CT molecular complexity index is 892. The van der Waals surface area contributed by atoms with Crippen LogP contribution in [0.3, 0.4) is 0 Å². The van der Waals surface area contributed by atoms with E-state index in [2.05, 4.69) is 15.5 Å². The Kier molecular flexibility index (Phi) is 4.39. The largest absolute Gasteiger partial charge is 0.456 e. The minimum absolute atomic E-state index is 0.168. The van der Waals surface area contributed by atoms with E-state index in [0.717, 1.165) is 12.8 Å². The summed E-state index contributed by atoms with van der Waals surface area (Å²) in [5.74, 6) is 0.530. The highest BCUT2D eigenvalue weighted by atomic mass is 16.7. The number of carbonyl (C=O) groups excluding carboxylic acids is 2. The van der Waals surface area contributed by atoms with Crippen LogP contribution in [0, 0.1) is 6.92 Å². The van der Waals surface area contributed by atoms with Crippen molar-refractivity contribution >= 4 is 23.2 Å². The van der Waals surface area contributed by atoms with E-state index in [1.165, 1.54) is 0 Å². The van der Waals surface area contributed by atoms with Crippen LogP contribution in [0.2, 0.25) is 0 Å². The van der Waals surface area contributed by atoms with Crippen LogP contribution in [-0.4, -0.2) is 46.1 Å². The van der Waals surface area contributed by atoms with Gasteiger partial charge in [-0.3, -0.25) is 14.6 Å². The molecule has 2 aliphatic rings. The molecule has 2 aromatic heterocycles. The first kappa shape index (κ1) is 17.3. The number of carbonyl (C=O) groups is 2. The van der Waals surface area contributed by atoms with E-state index in [9.17, 15) is 9.59 Å². The van der Waals surface area contributed by atoms with Crippen molar-refractivity contribution < 1.29 is 18.8 Å². The second kappa shape index (κ2) is 6.86. The molecular formula is C19H20N4O4. The molecule has 8 nitrogen and oxygen atoms in total. The minimum atomic E-state index is -0.656. The number of aryl methyl sites for hydroxylation is 1. The van der Waals surface area contributed by atoms with Crippen LogP contribution >= 0.6 is 0 Å². The lowest BCUT2D eigenvalue weighted by atomic mass is 9.88. The number of piperidine rings is 1. The third-order valence-corrected chi connectivity index (χ3v) is 4.80. The molecule has 27 heavy (non-hydrogen) atoms. The summed E-state index contributed by atoms with van der Waals surface area (Å²) in [6.45, 7) is 2.80. The van der Waals surface area contributed by atoms with E-state index in [-0.39, 0.29) is 11.8 Å². The van der Waals surface area contributed by atoms with Gasteiger partial charge in [-0.25, -0.2) is 0 Å². The maximum absolute atomic E-state index is 12.7. The Balaban J connectivity index is 1.41. The number of hydrogen-bond acceptors (Lipinski definition) is 6. The first-order chi connectivity index (χ1) is 13.0. The molecule has 1 unspecified atom stereocenters. The summed E-state index contributed by atoms with van der Waals surface area (Å²) in [5.41, 5.74) is 0.263. The van der Waals surface area contributed by atoms with Gasteiger partial charge in [0.25, 0.3) is 11.8 Å². The van der Waals surface area contributed by atoms with E-state index in [4.69, 9.17) is 9.25 Å². The molecule has 1 fully saturated rings. The van der Waals surface area contributed by atoms with E-state index < -0.39 is 5.60 Å². The first-order valence-corrected chi connectivity index (χ1v) is 8.87. The number of aromatic nitrogens is 1. The van der Waals surface area contributed by atoms with Crippen LogP contribution in [0.15, 0.2) is 46.2 Å². The third-order valence-electron chi connectivity index (χ3n) is 4.80. The van der Waals surface area contributed by atoms with Gasteiger partial charge in [-0.15, -0.1) is 0 Å². The van der Waals surface area contributed by atoms with Crippen molar-refractivity contribution in [1.82, 2.24) is 9.88 Å². The van der Waals surface area contributed by atoms with Crippen molar-refractivity contribution in [2.24, 2.45) is 5.16 Å². The molecule has 1 saturated heterocycles. The van der Waals surface area contributed by atoms with Crippen LogP contribution in [0.1, 0.15) is 35.6 Å². The number of nitrogens with zero attached hydrogens (tertiary/aromatic N) is 3. The van der Waals surface area contributed by atoms with Crippen molar-refractivity contribution in [2.75, 3.05) is 18.4 Å². The normalized spacial score (nSPS) is 21.7. The Labute approximate surface area is 156 Å². The molecule has 0 saturated carbocycles. The maximum Gasteiger partial charge on any atom is 0.289 e. The molecule has 4 heterocycles.